The molecule has 1 aliphatic rings. The van der Waals surface area contributed by atoms with Crippen molar-refractivity contribution in [3.63, 3.8) is 0 Å². The normalized spacial score (nSPS) is 11.5. The molecule has 136 heavy (non-hydrogen) atoms. The second-order valence-corrected chi connectivity index (χ2v) is 32.7. The van der Waals surface area contributed by atoms with Crippen LogP contribution in [0.1, 0.15) is 224 Å². The van der Waals surface area contributed by atoms with Crippen molar-refractivity contribution in [2.75, 3.05) is 108 Å². The summed E-state index contributed by atoms with van der Waals surface area (Å²) in [6.07, 6.45) is 24.9. The Labute approximate surface area is 804 Å². The predicted molar refractivity (Wildman–Crippen MR) is 535 cm³/mol. The molecule has 2 amide bonds. The van der Waals surface area contributed by atoms with Crippen molar-refractivity contribution >= 4 is 53.5 Å². The molecule has 0 unspecified atom stereocenters. The molecule has 7 N–H and O–H groups in total. The number of nitrogens with two attached hydrogens (primary N) is 2. The number of esters is 4. The number of nitrogens with one attached hydrogen (secondary N) is 3. The Kier molecular flexibility index (Phi) is 53.5. The molecule has 734 valence electrons. The second-order valence-electron chi connectivity index (χ2n) is 32.7. The van der Waals surface area contributed by atoms with Gasteiger partial charge in [-0.2, -0.15) is 29.9 Å². The summed E-state index contributed by atoms with van der Waals surface area (Å²) in [5.74, 6) is 4.44. The number of carbonyl (C=O) groups excluding carboxylic acids is 6. The number of anilines is 3. The van der Waals surface area contributed by atoms with Crippen LogP contribution >= 0.6 is 0 Å². The number of carbonyl (C=O) groups is 6. The fourth-order valence-corrected chi connectivity index (χ4v) is 14.3. The van der Waals surface area contributed by atoms with Gasteiger partial charge in [0.05, 0.1) is 78.9 Å². The molecule has 1 fully saturated rings. The zero-order chi connectivity index (χ0) is 97.5. The van der Waals surface area contributed by atoms with Crippen LogP contribution in [-0.2, 0) is 86.2 Å². The monoisotopic (exact) mass is 1870 g/mol. The number of amides is 2. The number of aromatic nitrogens is 6. The Balaban J connectivity index is 0.000000284. The molecule has 1 saturated heterocycles. The lowest BCUT2D eigenvalue weighted by Crippen LogP contribution is -2.28. The molecular formula is C108H145N11O17. The molecule has 1 aliphatic heterocycles. The lowest BCUT2D eigenvalue weighted by atomic mass is 9.91. The summed E-state index contributed by atoms with van der Waals surface area (Å²) in [5.41, 5.74) is 23.0. The lowest BCUT2D eigenvalue weighted by molar-refractivity contribution is -0.166. The topological polar surface area (TPSA) is 369 Å². The summed E-state index contributed by atoms with van der Waals surface area (Å²) in [6.45, 7) is 29.3. The number of unbranched alkanes of at least 4 members (excludes halogenated alkanes) is 10. The van der Waals surface area contributed by atoms with Crippen LogP contribution in [0.3, 0.4) is 0 Å². The molecule has 3 heterocycles. The molecule has 0 aliphatic carbocycles. The van der Waals surface area contributed by atoms with Gasteiger partial charge < -0.3 is 68.9 Å². The summed E-state index contributed by atoms with van der Waals surface area (Å²) in [7, 11) is 0. The van der Waals surface area contributed by atoms with Gasteiger partial charge in [0.2, 0.25) is 29.7 Å². The molecule has 10 rings (SSSR count). The number of ether oxygens (including phenoxy) is 11. The molecular weight excluding hydrogens is 1720 g/mol. The zero-order valence-corrected chi connectivity index (χ0v) is 81.3. The minimum absolute atomic E-state index is 0.117. The smallest absolute Gasteiger partial charge is 0.333 e. The number of hydrogen-bond acceptors (Lipinski definition) is 26. The third-order valence-electron chi connectivity index (χ3n) is 21.3. The molecule has 2 aromatic heterocycles. The van der Waals surface area contributed by atoms with E-state index in [2.05, 4.69) is 169 Å². The van der Waals surface area contributed by atoms with Crippen molar-refractivity contribution < 1.29 is 80.9 Å². The quantitative estimate of drug-likeness (QED) is 0.00777. The van der Waals surface area contributed by atoms with Crippen molar-refractivity contribution in [2.24, 2.45) is 17.4 Å². The van der Waals surface area contributed by atoms with Gasteiger partial charge >= 0.3 is 29.9 Å². The van der Waals surface area contributed by atoms with Crippen molar-refractivity contribution in [3.8, 4) is 73.9 Å². The summed E-state index contributed by atoms with van der Waals surface area (Å²) >= 11 is 0. The highest BCUT2D eigenvalue weighted by atomic mass is 16.6. The van der Waals surface area contributed by atoms with E-state index < -0.39 is 23.9 Å². The molecule has 0 atom stereocenters. The van der Waals surface area contributed by atoms with E-state index in [9.17, 15) is 28.8 Å². The van der Waals surface area contributed by atoms with Gasteiger partial charge in [-0.25, -0.2) is 9.59 Å². The van der Waals surface area contributed by atoms with E-state index in [0.717, 1.165) is 151 Å². The lowest BCUT2D eigenvalue weighted by Gasteiger charge is -2.20. The summed E-state index contributed by atoms with van der Waals surface area (Å²) in [5, 5.41) is 8.14. The Morgan fingerprint density at radius 3 is 1.35 bits per heavy atom. The molecule has 28 nitrogen and oxygen atoms in total. The zero-order valence-electron chi connectivity index (χ0n) is 81.3. The summed E-state index contributed by atoms with van der Waals surface area (Å²) in [6, 6.07) is 53.9. The maximum atomic E-state index is 12.0. The summed E-state index contributed by atoms with van der Waals surface area (Å²) in [4.78, 5) is 94.9. The van der Waals surface area contributed by atoms with Gasteiger partial charge in [0, 0.05) is 76.8 Å². The first-order chi connectivity index (χ1) is 66.3. The van der Waals surface area contributed by atoms with Crippen LogP contribution in [0, 0.1) is 5.92 Å². The van der Waals surface area contributed by atoms with Gasteiger partial charge in [0.15, 0.2) is 0 Å². The van der Waals surface area contributed by atoms with Crippen LogP contribution < -0.4 is 60.6 Å². The summed E-state index contributed by atoms with van der Waals surface area (Å²) < 4.78 is 62.6. The molecule has 7 aromatic carbocycles. The number of cyclic esters (lactones) is 2. The van der Waals surface area contributed by atoms with Gasteiger partial charge in [-0.3, -0.25) is 29.8 Å². The standard InChI is InChI=1S/C47H58O10.C30H44N6O3.C29H37N5O4.C2H6/c1-5-37-16-9-10-19-42(37)40-31-38(17-12-26-54-43(48)6-2)46(39(32-40)18-13-27-56-47(51)34(3)4)55-25-11-7-8-15-35-20-22-41(23-21-35)53-28-14-24-52-33-36-29-44(49)57-45(50)30-36;1-2-3-4-5-6-21-37-26-14-10-24(11-15-26)25-12-16-27(17-13-25)38-22-8-23-39-30-35-28(9-7-18-31)34-29(36-30)33-20-19-32;1-4-5-6-8-19-37-25-15-11-23(12-16-25)24-13-17-26(18-14-24)38-20-9-7-10-27-32-28(30-21(2)35)34-29(33-27)31-22(3)36;1-2/h6,9-10,16,19-23,31-32,36H,2-3,5,7-8,11-15,17-18,24-30,33H2,1,4H3;10-17H,2-9,18-23,31-32H2,1H3,(H,33,34,35,36);11-18H,4-10,19-20H2,1-3H3,(H2,30,31,32,33,34,35,36);1-2H3. The number of rotatable bonds is 61. The Morgan fingerprint density at radius 1 is 0.426 bits per heavy atom. The maximum absolute atomic E-state index is 12.0. The van der Waals surface area contributed by atoms with Gasteiger partial charge in [-0.05, 0) is 232 Å². The predicted octanol–water partition coefficient (Wildman–Crippen LogP) is 20.5. The van der Waals surface area contributed by atoms with E-state index >= 15 is 0 Å². The van der Waals surface area contributed by atoms with Crippen LogP contribution in [0.25, 0.3) is 33.4 Å². The average molecular weight is 1870 g/mol. The van der Waals surface area contributed by atoms with Crippen LogP contribution in [-0.4, -0.2) is 158 Å². The van der Waals surface area contributed by atoms with Crippen molar-refractivity contribution in [3.05, 3.63) is 216 Å². The van der Waals surface area contributed by atoms with E-state index in [1.807, 2.05) is 86.6 Å². The van der Waals surface area contributed by atoms with E-state index in [4.69, 9.17) is 58.8 Å². The number of nitrogens with zero attached hydrogens (tertiary/aromatic N) is 6. The highest BCUT2D eigenvalue weighted by Gasteiger charge is 2.27. The fourth-order valence-electron chi connectivity index (χ4n) is 14.3. The van der Waals surface area contributed by atoms with E-state index in [1.54, 1.807) is 6.92 Å². The highest BCUT2D eigenvalue weighted by Crippen LogP contribution is 2.36. The van der Waals surface area contributed by atoms with Gasteiger partial charge in [0.1, 0.15) is 46.1 Å². The molecule has 0 spiro atoms. The van der Waals surface area contributed by atoms with E-state index in [1.165, 1.54) is 81.6 Å². The third kappa shape index (κ3) is 44.2. The van der Waals surface area contributed by atoms with Crippen LogP contribution in [0.5, 0.6) is 40.5 Å². The molecule has 0 bridgehead atoms. The molecule has 0 saturated carbocycles. The first kappa shape index (κ1) is 110. The van der Waals surface area contributed by atoms with Crippen molar-refractivity contribution in [1.82, 2.24) is 29.9 Å². The highest BCUT2D eigenvalue weighted by molar-refractivity contribution is 5.89. The largest absolute Gasteiger partial charge is 0.494 e. The molecule has 28 heteroatoms. The Hall–Kier alpha value is -12.7. The number of hydrogen-bond donors (Lipinski definition) is 5. The van der Waals surface area contributed by atoms with Crippen molar-refractivity contribution in [2.45, 2.75) is 229 Å². The van der Waals surface area contributed by atoms with Gasteiger partial charge in [-0.15, -0.1) is 0 Å². The SMILES string of the molecule is C=CC(=O)OCCCc1cc(-c2ccccc2CC)cc(CCCOC(=O)C(=C)C)c1OCCCCCc1ccc(OCCCOCC2CC(=O)OC(=O)C2)cc1.CC.CCCCCCCOc1ccc(-c2ccc(OCCCOc3nc(CCCN)nc(NCCN)n3)cc2)cc1.CCCCCCOc1ccc(-c2ccc(OCCCCc3nc(NC(C)=O)nc(NC(C)=O)n3)cc2)cc1. The van der Waals surface area contributed by atoms with E-state index in [-0.39, 0.29) is 55.7 Å². The van der Waals surface area contributed by atoms with Gasteiger partial charge in [-0.1, -0.05) is 178 Å². The fraction of sp³-hybridized carbons (Fsp3) is 0.463. The minimum atomic E-state index is -0.482. The van der Waals surface area contributed by atoms with Crippen LogP contribution in [0.15, 0.2) is 183 Å². The molecule has 0 radical (unpaired) electrons. The van der Waals surface area contributed by atoms with Crippen LogP contribution in [0.2, 0.25) is 0 Å². The Morgan fingerprint density at radius 2 is 0.860 bits per heavy atom. The van der Waals surface area contributed by atoms with E-state index in [0.29, 0.717) is 146 Å². The minimum Gasteiger partial charge on any atom is -0.494 e. The van der Waals surface area contributed by atoms with Crippen LogP contribution in [0.4, 0.5) is 17.8 Å². The maximum Gasteiger partial charge on any atom is 0.333 e. The number of aryl methyl sites for hydroxylation is 6. The first-order valence-electron chi connectivity index (χ1n) is 48.6. The Bertz CT molecular complexity index is 4930. The second kappa shape index (κ2) is 65.9. The average Bonchev–Trinajstić information content (AvgIpc) is 0.794. The molecule has 9 aromatic rings. The third-order valence-corrected chi connectivity index (χ3v) is 21.3. The van der Waals surface area contributed by atoms with Gasteiger partial charge in [0.25, 0.3) is 0 Å². The first-order valence-corrected chi connectivity index (χ1v) is 48.6. The number of benzene rings is 7. The van der Waals surface area contributed by atoms with Crippen molar-refractivity contribution in [1.29, 1.82) is 0 Å².